The maximum absolute atomic E-state index is 5.88. The third-order valence-corrected chi connectivity index (χ3v) is 3.88. The Labute approximate surface area is 123 Å². The van der Waals surface area contributed by atoms with Gasteiger partial charge in [-0.05, 0) is 66.1 Å². The molecule has 1 aromatic heterocycles. The summed E-state index contributed by atoms with van der Waals surface area (Å²) in [5.41, 5.74) is 3.07. The third-order valence-electron chi connectivity index (χ3n) is 3.88. The van der Waals surface area contributed by atoms with Gasteiger partial charge in [0.05, 0.1) is 0 Å². The molecule has 0 fully saturated rings. The number of aromatic nitrogens is 2. The van der Waals surface area contributed by atoms with Crippen molar-refractivity contribution in [2.24, 2.45) is 0 Å². The maximum Gasteiger partial charge on any atom is 0.160 e. The number of rotatable bonds is 8. The van der Waals surface area contributed by atoms with Gasteiger partial charge in [-0.3, -0.25) is 0 Å². The Morgan fingerprint density at radius 1 is 1.15 bits per heavy atom. The summed E-state index contributed by atoms with van der Waals surface area (Å²) in [6.07, 6.45) is 3.01. The van der Waals surface area contributed by atoms with Crippen molar-refractivity contribution < 1.29 is 4.74 Å². The van der Waals surface area contributed by atoms with Gasteiger partial charge in [0.25, 0.3) is 0 Å². The summed E-state index contributed by atoms with van der Waals surface area (Å²) in [4.78, 5) is 9.44. The predicted octanol–water partition coefficient (Wildman–Crippen LogP) is 2.91. The Balaban J connectivity index is 3.03. The van der Waals surface area contributed by atoms with Crippen molar-refractivity contribution in [1.82, 2.24) is 15.3 Å². The smallest absolute Gasteiger partial charge is 0.160 e. The van der Waals surface area contributed by atoms with Crippen LogP contribution < -0.4 is 5.32 Å². The van der Waals surface area contributed by atoms with Gasteiger partial charge in [0.1, 0.15) is 5.60 Å². The lowest BCUT2D eigenvalue weighted by Crippen LogP contribution is -2.29. The highest BCUT2D eigenvalue weighted by molar-refractivity contribution is 5.25. The number of hydrogen-bond acceptors (Lipinski definition) is 4. The minimum Gasteiger partial charge on any atom is -0.368 e. The van der Waals surface area contributed by atoms with Crippen LogP contribution in [0.4, 0.5) is 0 Å². The van der Waals surface area contributed by atoms with Gasteiger partial charge in [-0.25, -0.2) is 9.97 Å². The first-order valence-corrected chi connectivity index (χ1v) is 7.61. The molecule has 0 saturated heterocycles. The van der Waals surface area contributed by atoms with E-state index >= 15 is 0 Å². The van der Waals surface area contributed by atoms with Crippen molar-refractivity contribution >= 4 is 0 Å². The number of nitrogens with zero attached hydrogens (tertiary/aromatic N) is 2. The first kappa shape index (κ1) is 17.1. The van der Waals surface area contributed by atoms with Crippen molar-refractivity contribution in [1.29, 1.82) is 0 Å². The Morgan fingerprint density at radius 3 is 2.20 bits per heavy atom. The molecule has 0 aromatic carbocycles. The highest BCUT2D eigenvalue weighted by Crippen LogP contribution is 2.27. The summed E-state index contributed by atoms with van der Waals surface area (Å²) in [6.45, 7) is 12.1. The monoisotopic (exact) mass is 279 g/mol. The number of aryl methyl sites for hydroxylation is 2. The molecule has 0 bridgehead atoms. The fourth-order valence-electron chi connectivity index (χ4n) is 2.42. The number of hydrogen-bond donors (Lipinski definition) is 1. The van der Waals surface area contributed by atoms with Crippen LogP contribution in [0, 0.1) is 13.8 Å². The molecule has 4 heteroatoms. The van der Waals surface area contributed by atoms with Gasteiger partial charge < -0.3 is 10.1 Å². The SMILES string of the molecule is CCOC(C)(CC)c1nc(C)c(CCCNC)c(C)n1. The van der Waals surface area contributed by atoms with Crippen LogP contribution in [0.5, 0.6) is 0 Å². The van der Waals surface area contributed by atoms with E-state index in [4.69, 9.17) is 14.7 Å². The molecule has 4 nitrogen and oxygen atoms in total. The summed E-state index contributed by atoms with van der Waals surface area (Å²) < 4.78 is 5.88. The number of ether oxygens (including phenoxy) is 1. The van der Waals surface area contributed by atoms with Crippen molar-refractivity contribution in [2.45, 2.75) is 59.5 Å². The Kier molecular flexibility index (Phi) is 6.56. The zero-order valence-electron chi connectivity index (χ0n) is 13.8. The molecule has 0 aliphatic rings. The van der Waals surface area contributed by atoms with Crippen molar-refractivity contribution in [3.8, 4) is 0 Å². The highest BCUT2D eigenvalue weighted by atomic mass is 16.5. The molecule has 0 spiro atoms. The first-order valence-electron chi connectivity index (χ1n) is 7.61. The zero-order valence-corrected chi connectivity index (χ0v) is 13.8. The summed E-state index contributed by atoms with van der Waals surface area (Å²) >= 11 is 0. The Hall–Kier alpha value is -1.00. The van der Waals surface area contributed by atoms with Gasteiger partial charge in [0.2, 0.25) is 0 Å². The molecule has 0 aliphatic heterocycles. The lowest BCUT2D eigenvalue weighted by atomic mass is 10.00. The lowest BCUT2D eigenvalue weighted by molar-refractivity contribution is -0.0393. The van der Waals surface area contributed by atoms with Crippen LogP contribution in [0.15, 0.2) is 0 Å². The Bertz CT molecular complexity index is 411. The van der Waals surface area contributed by atoms with E-state index in [2.05, 4.69) is 33.0 Å². The average Bonchev–Trinajstić information content (AvgIpc) is 2.41. The van der Waals surface area contributed by atoms with Crippen molar-refractivity contribution in [2.75, 3.05) is 20.2 Å². The fourth-order valence-corrected chi connectivity index (χ4v) is 2.42. The molecular formula is C16H29N3O. The molecule has 1 rings (SSSR count). The summed E-state index contributed by atoms with van der Waals surface area (Å²) in [5, 5.41) is 3.18. The van der Waals surface area contributed by atoms with E-state index in [1.165, 1.54) is 5.56 Å². The average molecular weight is 279 g/mol. The molecule has 1 heterocycles. The molecule has 20 heavy (non-hydrogen) atoms. The molecular weight excluding hydrogens is 250 g/mol. The van der Waals surface area contributed by atoms with Crippen molar-refractivity contribution in [3.05, 3.63) is 22.8 Å². The van der Waals surface area contributed by atoms with E-state index in [9.17, 15) is 0 Å². The maximum atomic E-state index is 5.88. The van der Waals surface area contributed by atoms with Gasteiger partial charge in [-0.1, -0.05) is 6.92 Å². The topological polar surface area (TPSA) is 47.0 Å². The van der Waals surface area contributed by atoms with Crippen LogP contribution in [0.2, 0.25) is 0 Å². The summed E-state index contributed by atoms with van der Waals surface area (Å²) in [7, 11) is 1.98. The van der Waals surface area contributed by atoms with Crippen LogP contribution in [-0.2, 0) is 16.8 Å². The standard InChI is InChI=1S/C16H29N3O/c1-7-16(5,20-8-2)15-18-12(3)14(13(4)19-15)10-9-11-17-6/h17H,7-11H2,1-6H3. The normalized spacial score (nSPS) is 14.3. The molecule has 114 valence electrons. The van der Waals surface area contributed by atoms with Gasteiger partial charge >= 0.3 is 0 Å². The largest absolute Gasteiger partial charge is 0.368 e. The first-order chi connectivity index (χ1) is 9.48. The summed E-state index contributed by atoms with van der Waals surface area (Å²) in [5.74, 6) is 0.814. The van der Waals surface area contributed by atoms with Crippen molar-refractivity contribution in [3.63, 3.8) is 0 Å². The van der Waals surface area contributed by atoms with Gasteiger partial charge in [-0.15, -0.1) is 0 Å². The fraction of sp³-hybridized carbons (Fsp3) is 0.750. The minimum atomic E-state index is -0.381. The van der Waals surface area contributed by atoms with Gasteiger partial charge in [-0.2, -0.15) is 0 Å². The molecule has 1 atom stereocenters. The lowest BCUT2D eigenvalue weighted by Gasteiger charge is -2.27. The third kappa shape index (κ3) is 4.00. The van der Waals surface area contributed by atoms with Crippen LogP contribution in [0.3, 0.4) is 0 Å². The van der Waals surface area contributed by atoms with E-state index in [0.717, 1.165) is 43.0 Å². The van der Waals surface area contributed by atoms with E-state index in [1.807, 2.05) is 14.0 Å². The molecule has 0 amide bonds. The number of nitrogens with one attached hydrogen (secondary N) is 1. The second-order valence-electron chi connectivity index (χ2n) is 5.42. The molecule has 0 radical (unpaired) electrons. The van der Waals surface area contributed by atoms with Crippen LogP contribution in [0.1, 0.15) is 56.4 Å². The van der Waals surface area contributed by atoms with E-state index in [0.29, 0.717) is 6.61 Å². The van der Waals surface area contributed by atoms with Crippen LogP contribution in [0.25, 0.3) is 0 Å². The second-order valence-corrected chi connectivity index (χ2v) is 5.42. The summed E-state index contributed by atoms with van der Waals surface area (Å²) in [6, 6.07) is 0. The molecule has 1 aromatic rings. The Morgan fingerprint density at radius 2 is 1.75 bits per heavy atom. The molecule has 1 N–H and O–H groups in total. The van der Waals surface area contributed by atoms with E-state index in [-0.39, 0.29) is 5.60 Å². The predicted molar refractivity (Wildman–Crippen MR) is 83.0 cm³/mol. The quantitative estimate of drug-likeness (QED) is 0.743. The van der Waals surface area contributed by atoms with Crippen LogP contribution in [-0.4, -0.2) is 30.2 Å². The molecule has 1 unspecified atom stereocenters. The van der Waals surface area contributed by atoms with Gasteiger partial charge in [0, 0.05) is 18.0 Å². The molecule has 0 saturated carbocycles. The second kappa shape index (κ2) is 7.70. The van der Waals surface area contributed by atoms with Gasteiger partial charge in [0.15, 0.2) is 5.82 Å². The van der Waals surface area contributed by atoms with Crippen LogP contribution >= 0.6 is 0 Å². The highest BCUT2D eigenvalue weighted by Gasteiger charge is 2.29. The zero-order chi connectivity index (χ0) is 15.2. The minimum absolute atomic E-state index is 0.381. The van der Waals surface area contributed by atoms with E-state index in [1.54, 1.807) is 0 Å². The molecule has 0 aliphatic carbocycles. The van der Waals surface area contributed by atoms with E-state index < -0.39 is 0 Å².